The van der Waals surface area contributed by atoms with Gasteiger partial charge in [0, 0.05) is 17.5 Å². The average Bonchev–Trinajstić information content (AvgIpc) is 2.62. The zero-order valence-electron chi connectivity index (χ0n) is 15.8. The third kappa shape index (κ3) is 6.10. The molecule has 1 heterocycles. The molecule has 0 amide bonds. The highest BCUT2D eigenvalue weighted by Crippen LogP contribution is 2.20. The van der Waals surface area contributed by atoms with Crippen molar-refractivity contribution in [2.24, 2.45) is 0 Å². The summed E-state index contributed by atoms with van der Waals surface area (Å²) in [5.74, 6) is 0. The van der Waals surface area contributed by atoms with Crippen LogP contribution in [0.15, 0.2) is 73.1 Å². The first-order chi connectivity index (χ1) is 12.2. The summed E-state index contributed by atoms with van der Waals surface area (Å²) in [6.07, 6.45) is 9.45. The number of unbranched alkanes of at least 4 members (excludes halogenated alkanes) is 2. The van der Waals surface area contributed by atoms with Gasteiger partial charge in [-0.2, -0.15) is 0 Å². The van der Waals surface area contributed by atoms with Crippen LogP contribution < -0.4 is 21.5 Å². The minimum absolute atomic E-state index is 0. The molecule has 2 heteroatoms. The molecule has 26 heavy (non-hydrogen) atoms. The van der Waals surface area contributed by atoms with Crippen molar-refractivity contribution < 1.29 is 21.5 Å². The lowest BCUT2D eigenvalue weighted by Gasteiger charge is -2.05. The zero-order valence-corrected chi connectivity index (χ0v) is 17.4. The zero-order chi connectivity index (χ0) is 17.5. The van der Waals surface area contributed by atoms with Crippen LogP contribution in [0.3, 0.4) is 0 Å². The molecule has 0 radical (unpaired) electrons. The first-order valence-corrected chi connectivity index (χ1v) is 9.32. The van der Waals surface area contributed by atoms with Gasteiger partial charge < -0.3 is 17.0 Å². The first kappa shape index (κ1) is 20.4. The molecular weight excluding hydrogens is 382 g/mol. The van der Waals surface area contributed by atoms with E-state index >= 15 is 0 Å². The molecule has 0 aliphatic carbocycles. The van der Waals surface area contributed by atoms with Gasteiger partial charge in [-0.3, -0.25) is 0 Å². The first-order valence-electron chi connectivity index (χ1n) is 9.32. The molecular formula is C24H28BrN. The van der Waals surface area contributed by atoms with Crippen molar-refractivity contribution in [3.05, 3.63) is 89.7 Å². The lowest BCUT2D eigenvalue weighted by atomic mass is 10.0. The maximum absolute atomic E-state index is 2.33. The molecule has 2 aromatic carbocycles. The third-order valence-corrected chi connectivity index (χ3v) is 4.64. The summed E-state index contributed by atoms with van der Waals surface area (Å²) in [5, 5.41) is 0. The molecule has 0 spiro atoms. The number of nitrogens with zero attached hydrogens (tertiary/aromatic N) is 1. The van der Waals surface area contributed by atoms with Crippen molar-refractivity contribution in [2.75, 3.05) is 0 Å². The number of benzene rings is 2. The molecule has 0 N–H and O–H groups in total. The summed E-state index contributed by atoms with van der Waals surface area (Å²) >= 11 is 0. The Morgan fingerprint density at radius 3 is 1.96 bits per heavy atom. The molecule has 0 unspecified atom stereocenters. The highest BCUT2D eigenvalue weighted by Gasteiger charge is 2.03. The van der Waals surface area contributed by atoms with E-state index in [0.29, 0.717) is 0 Å². The highest BCUT2D eigenvalue weighted by atomic mass is 79.9. The molecule has 0 fully saturated rings. The van der Waals surface area contributed by atoms with Crippen molar-refractivity contribution in [1.29, 1.82) is 0 Å². The molecule has 0 bridgehead atoms. The quantitative estimate of drug-likeness (QED) is 0.417. The van der Waals surface area contributed by atoms with Gasteiger partial charge in [-0.15, -0.1) is 0 Å². The second-order valence-corrected chi connectivity index (χ2v) is 7.00. The van der Waals surface area contributed by atoms with Crippen LogP contribution in [0.1, 0.15) is 36.0 Å². The second kappa shape index (κ2) is 10.3. The molecule has 1 nitrogen and oxygen atoms in total. The number of aryl methyl sites for hydroxylation is 4. The molecule has 0 atom stereocenters. The Morgan fingerprint density at radius 2 is 1.31 bits per heavy atom. The van der Waals surface area contributed by atoms with Crippen molar-refractivity contribution in [3.63, 3.8) is 0 Å². The van der Waals surface area contributed by atoms with Gasteiger partial charge in [0.05, 0.1) is 0 Å². The predicted molar refractivity (Wildman–Crippen MR) is 106 cm³/mol. The standard InChI is InChI=1S/C24H28N.BrH/c1-20-17-21(2)19-25(18-20)16-8-4-5-9-22-12-14-24(15-13-22)23-10-6-3-7-11-23;/h3,6-7,10-15,17-19H,4-5,8-9,16H2,1-2H3;1H/q+1;/p-1. The molecule has 0 saturated carbocycles. The summed E-state index contributed by atoms with van der Waals surface area (Å²) in [5.41, 5.74) is 6.73. The van der Waals surface area contributed by atoms with Crippen LogP contribution >= 0.6 is 0 Å². The lowest BCUT2D eigenvalue weighted by molar-refractivity contribution is -0.698. The van der Waals surface area contributed by atoms with E-state index in [-0.39, 0.29) is 17.0 Å². The fourth-order valence-electron chi connectivity index (χ4n) is 3.42. The molecule has 3 rings (SSSR count). The fourth-order valence-corrected chi connectivity index (χ4v) is 3.42. The SMILES string of the molecule is Cc1cc(C)c[n+](CCCCCc2ccc(-c3ccccc3)cc2)c1.[Br-]. The van der Waals surface area contributed by atoms with E-state index in [1.807, 2.05) is 0 Å². The maximum atomic E-state index is 2.33. The number of hydrogen-bond donors (Lipinski definition) is 0. The summed E-state index contributed by atoms with van der Waals surface area (Å²) in [6, 6.07) is 21.9. The average molecular weight is 410 g/mol. The van der Waals surface area contributed by atoms with Gasteiger partial charge in [-0.25, -0.2) is 4.57 Å². The van der Waals surface area contributed by atoms with Gasteiger partial charge in [0.15, 0.2) is 12.4 Å². The van der Waals surface area contributed by atoms with Crippen molar-refractivity contribution in [3.8, 4) is 11.1 Å². The summed E-state index contributed by atoms with van der Waals surface area (Å²) < 4.78 is 2.33. The molecule has 136 valence electrons. The predicted octanol–water partition coefficient (Wildman–Crippen LogP) is 2.67. The van der Waals surface area contributed by atoms with Crippen LogP contribution in [0, 0.1) is 13.8 Å². The topological polar surface area (TPSA) is 3.88 Å². The number of rotatable bonds is 7. The fraction of sp³-hybridized carbons (Fsp3) is 0.292. The summed E-state index contributed by atoms with van der Waals surface area (Å²) in [7, 11) is 0. The number of halogens is 1. The monoisotopic (exact) mass is 409 g/mol. The molecule has 0 aliphatic rings. The highest BCUT2D eigenvalue weighted by molar-refractivity contribution is 5.63. The molecule has 0 saturated heterocycles. The Kier molecular flexibility index (Phi) is 8.06. The minimum atomic E-state index is 0. The Hall–Kier alpha value is -1.93. The van der Waals surface area contributed by atoms with E-state index < -0.39 is 0 Å². The van der Waals surface area contributed by atoms with Crippen molar-refractivity contribution in [2.45, 2.75) is 46.1 Å². The van der Waals surface area contributed by atoms with Gasteiger partial charge in [0.25, 0.3) is 0 Å². The van der Waals surface area contributed by atoms with Crippen LogP contribution in [0.2, 0.25) is 0 Å². The Bertz CT molecular complexity index is 774. The van der Waals surface area contributed by atoms with E-state index in [2.05, 4.69) is 91.5 Å². The Labute approximate surface area is 168 Å². The number of pyridine rings is 1. The number of hydrogen-bond acceptors (Lipinski definition) is 0. The van der Waals surface area contributed by atoms with Crippen LogP contribution in [0.4, 0.5) is 0 Å². The van der Waals surface area contributed by atoms with Crippen molar-refractivity contribution in [1.82, 2.24) is 0 Å². The normalized spacial score (nSPS) is 10.4. The largest absolute Gasteiger partial charge is 1.00 e. The number of aromatic nitrogens is 1. The van der Waals surface area contributed by atoms with Crippen LogP contribution in [0.25, 0.3) is 11.1 Å². The van der Waals surface area contributed by atoms with Crippen LogP contribution in [-0.4, -0.2) is 0 Å². The molecule has 3 aromatic rings. The van der Waals surface area contributed by atoms with E-state index in [1.165, 1.54) is 53.5 Å². The summed E-state index contributed by atoms with van der Waals surface area (Å²) in [6.45, 7) is 5.46. The maximum Gasteiger partial charge on any atom is 0.171 e. The van der Waals surface area contributed by atoms with Crippen LogP contribution in [-0.2, 0) is 13.0 Å². The van der Waals surface area contributed by atoms with Crippen LogP contribution in [0.5, 0.6) is 0 Å². The van der Waals surface area contributed by atoms with E-state index in [0.717, 1.165) is 6.54 Å². The molecule has 0 aliphatic heterocycles. The smallest absolute Gasteiger partial charge is 0.171 e. The van der Waals surface area contributed by atoms with Gasteiger partial charge in [-0.05, 0) is 55.9 Å². The Morgan fingerprint density at radius 1 is 0.692 bits per heavy atom. The van der Waals surface area contributed by atoms with Gasteiger partial charge >= 0.3 is 0 Å². The van der Waals surface area contributed by atoms with Gasteiger partial charge in [0.2, 0.25) is 0 Å². The van der Waals surface area contributed by atoms with E-state index in [9.17, 15) is 0 Å². The second-order valence-electron chi connectivity index (χ2n) is 7.00. The van der Waals surface area contributed by atoms with Gasteiger partial charge in [-0.1, -0.05) is 54.6 Å². The minimum Gasteiger partial charge on any atom is -1.00 e. The lowest BCUT2D eigenvalue weighted by Crippen LogP contribution is -3.00. The van der Waals surface area contributed by atoms with Crippen molar-refractivity contribution >= 4 is 0 Å². The van der Waals surface area contributed by atoms with E-state index in [4.69, 9.17) is 0 Å². The molecule has 1 aromatic heterocycles. The third-order valence-electron chi connectivity index (χ3n) is 4.64. The van der Waals surface area contributed by atoms with Gasteiger partial charge in [0.1, 0.15) is 6.54 Å². The Balaban J connectivity index is 0.00000243. The summed E-state index contributed by atoms with van der Waals surface area (Å²) in [4.78, 5) is 0. The van der Waals surface area contributed by atoms with E-state index in [1.54, 1.807) is 0 Å².